The summed E-state index contributed by atoms with van der Waals surface area (Å²) in [5.41, 5.74) is 0. The molecule has 1 N–H and O–H groups in total. The minimum absolute atomic E-state index is 0.0582. The zero-order chi connectivity index (χ0) is 12.5. The number of hydrogen-bond acceptors (Lipinski definition) is 3. The normalized spacial score (nSPS) is 10.8. The molecule has 0 saturated heterocycles. The van der Waals surface area contributed by atoms with Gasteiger partial charge in [-0.2, -0.15) is 0 Å². The first-order chi connectivity index (χ1) is 8.27. The molecule has 0 aliphatic rings. The van der Waals surface area contributed by atoms with Crippen LogP contribution in [0.1, 0.15) is 36.4 Å². The van der Waals surface area contributed by atoms with Gasteiger partial charge in [-0.15, -0.1) is 11.3 Å². The Bertz CT molecular complexity index is 307. The molecule has 1 aromatic rings. The molecule has 0 unspecified atom stereocenters. The van der Waals surface area contributed by atoms with Gasteiger partial charge in [-0.25, -0.2) is 0 Å². The number of carbonyl (C=O) groups is 1. The van der Waals surface area contributed by atoms with Crippen LogP contribution in [0.4, 0.5) is 0 Å². The van der Waals surface area contributed by atoms with E-state index in [0.29, 0.717) is 0 Å². The van der Waals surface area contributed by atoms with E-state index in [0.717, 1.165) is 43.9 Å². The van der Waals surface area contributed by atoms with Crippen LogP contribution in [-0.2, 0) is 0 Å². The minimum atomic E-state index is 0.0582. The Kier molecular flexibility index (Phi) is 6.89. The Morgan fingerprint density at radius 1 is 1.35 bits per heavy atom. The fourth-order valence-corrected chi connectivity index (χ4v) is 2.34. The molecule has 17 heavy (non-hydrogen) atoms. The monoisotopic (exact) mass is 254 g/mol. The van der Waals surface area contributed by atoms with Gasteiger partial charge in [0.2, 0.25) is 0 Å². The first-order valence-electron chi connectivity index (χ1n) is 6.32. The number of nitrogens with zero attached hydrogens (tertiary/aromatic N) is 1. The Morgan fingerprint density at radius 3 is 2.71 bits per heavy atom. The molecular weight excluding hydrogens is 232 g/mol. The van der Waals surface area contributed by atoms with Crippen molar-refractivity contribution in [2.45, 2.75) is 26.7 Å². The van der Waals surface area contributed by atoms with Gasteiger partial charge < -0.3 is 10.2 Å². The van der Waals surface area contributed by atoms with E-state index < -0.39 is 0 Å². The van der Waals surface area contributed by atoms with Crippen molar-refractivity contribution >= 4 is 17.2 Å². The predicted molar refractivity (Wildman–Crippen MR) is 73.7 cm³/mol. The van der Waals surface area contributed by atoms with E-state index in [4.69, 9.17) is 0 Å². The number of nitrogens with one attached hydrogen (secondary N) is 1. The Hall–Kier alpha value is -0.870. The maximum atomic E-state index is 11.6. The molecule has 0 bridgehead atoms. The second-order valence-corrected chi connectivity index (χ2v) is 4.91. The summed E-state index contributed by atoms with van der Waals surface area (Å²) in [6, 6.07) is 3.76. The van der Waals surface area contributed by atoms with Gasteiger partial charge in [0.05, 0.1) is 4.88 Å². The summed E-state index contributed by atoms with van der Waals surface area (Å²) in [5.74, 6) is 0.0582. The maximum absolute atomic E-state index is 11.6. The highest BCUT2D eigenvalue weighted by atomic mass is 32.1. The Balaban J connectivity index is 2.06. The minimum Gasteiger partial charge on any atom is -0.351 e. The predicted octanol–water partition coefficient (Wildman–Crippen LogP) is 2.60. The lowest BCUT2D eigenvalue weighted by molar-refractivity contribution is 0.0956. The van der Waals surface area contributed by atoms with E-state index in [1.54, 1.807) is 0 Å². The lowest BCUT2D eigenvalue weighted by Gasteiger charge is -2.17. The van der Waals surface area contributed by atoms with Crippen LogP contribution < -0.4 is 5.32 Å². The van der Waals surface area contributed by atoms with Crippen LogP contribution in [0, 0.1) is 0 Å². The fourth-order valence-electron chi connectivity index (χ4n) is 1.70. The van der Waals surface area contributed by atoms with E-state index in [-0.39, 0.29) is 5.91 Å². The second kappa shape index (κ2) is 8.25. The molecule has 0 aliphatic heterocycles. The van der Waals surface area contributed by atoms with Crippen molar-refractivity contribution in [3.63, 3.8) is 0 Å². The molecule has 0 atom stereocenters. The second-order valence-electron chi connectivity index (χ2n) is 3.97. The molecule has 0 aliphatic carbocycles. The molecule has 0 aromatic carbocycles. The fraction of sp³-hybridized carbons (Fsp3) is 0.615. The molecule has 0 saturated carbocycles. The lowest BCUT2D eigenvalue weighted by atomic mass is 10.3. The number of thiophene rings is 1. The van der Waals surface area contributed by atoms with Crippen LogP contribution in [0.15, 0.2) is 17.5 Å². The number of hydrogen-bond donors (Lipinski definition) is 1. The van der Waals surface area contributed by atoms with Crippen LogP contribution in [0.3, 0.4) is 0 Å². The number of unbranched alkanes of at least 4 members (excludes halogenated alkanes) is 1. The van der Waals surface area contributed by atoms with Crippen LogP contribution in [0.2, 0.25) is 0 Å². The lowest BCUT2D eigenvalue weighted by Crippen LogP contribution is -2.26. The maximum Gasteiger partial charge on any atom is 0.261 e. The molecule has 0 fully saturated rings. The standard InChI is InChI=1S/C13H22N2OS/c1-3-15(4-2)10-6-5-9-14-13(16)12-8-7-11-17-12/h7-8,11H,3-6,9-10H2,1-2H3,(H,14,16). The summed E-state index contributed by atoms with van der Waals surface area (Å²) in [6.45, 7) is 8.49. The van der Waals surface area contributed by atoms with Crippen molar-refractivity contribution in [3.05, 3.63) is 22.4 Å². The van der Waals surface area contributed by atoms with Crippen LogP contribution >= 0.6 is 11.3 Å². The van der Waals surface area contributed by atoms with Gasteiger partial charge in [0.15, 0.2) is 0 Å². The molecule has 1 aromatic heterocycles. The summed E-state index contributed by atoms with van der Waals surface area (Å²) in [6.07, 6.45) is 2.19. The molecule has 1 amide bonds. The first kappa shape index (κ1) is 14.2. The van der Waals surface area contributed by atoms with Crippen molar-refractivity contribution in [1.29, 1.82) is 0 Å². The highest BCUT2D eigenvalue weighted by molar-refractivity contribution is 7.12. The van der Waals surface area contributed by atoms with E-state index in [2.05, 4.69) is 24.1 Å². The van der Waals surface area contributed by atoms with E-state index in [1.165, 1.54) is 11.3 Å². The molecule has 1 rings (SSSR count). The smallest absolute Gasteiger partial charge is 0.261 e. The first-order valence-corrected chi connectivity index (χ1v) is 7.20. The van der Waals surface area contributed by atoms with Gasteiger partial charge in [0.1, 0.15) is 0 Å². The van der Waals surface area contributed by atoms with Crippen molar-refractivity contribution in [1.82, 2.24) is 10.2 Å². The van der Waals surface area contributed by atoms with Gasteiger partial charge in [0, 0.05) is 6.54 Å². The largest absolute Gasteiger partial charge is 0.351 e. The molecule has 96 valence electrons. The average molecular weight is 254 g/mol. The van der Waals surface area contributed by atoms with Crippen LogP contribution in [0.5, 0.6) is 0 Å². The SMILES string of the molecule is CCN(CC)CCCCNC(=O)c1cccs1. The summed E-state index contributed by atoms with van der Waals surface area (Å²) in [4.78, 5) is 14.8. The zero-order valence-corrected chi connectivity index (χ0v) is 11.6. The van der Waals surface area contributed by atoms with Gasteiger partial charge >= 0.3 is 0 Å². The highest BCUT2D eigenvalue weighted by Gasteiger charge is 2.04. The third-order valence-electron chi connectivity index (χ3n) is 2.83. The molecule has 3 nitrogen and oxygen atoms in total. The molecule has 1 heterocycles. The Labute approximate surface area is 108 Å². The summed E-state index contributed by atoms with van der Waals surface area (Å²) < 4.78 is 0. The quantitative estimate of drug-likeness (QED) is 0.723. The van der Waals surface area contributed by atoms with E-state index >= 15 is 0 Å². The number of carbonyl (C=O) groups excluding carboxylic acids is 1. The number of rotatable bonds is 8. The summed E-state index contributed by atoms with van der Waals surface area (Å²) in [7, 11) is 0. The highest BCUT2D eigenvalue weighted by Crippen LogP contribution is 2.07. The topological polar surface area (TPSA) is 32.3 Å². The van der Waals surface area contributed by atoms with Crippen molar-refractivity contribution in [2.75, 3.05) is 26.2 Å². The summed E-state index contributed by atoms with van der Waals surface area (Å²) in [5, 5.41) is 4.87. The van der Waals surface area contributed by atoms with E-state index in [9.17, 15) is 4.79 Å². The van der Waals surface area contributed by atoms with Crippen LogP contribution in [0.25, 0.3) is 0 Å². The van der Waals surface area contributed by atoms with Crippen molar-refractivity contribution in [3.8, 4) is 0 Å². The van der Waals surface area contributed by atoms with Gasteiger partial charge in [0.25, 0.3) is 5.91 Å². The summed E-state index contributed by atoms with van der Waals surface area (Å²) >= 11 is 1.49. The van der Waals surface area contributed by atoms with Gasteiger partial charge in [-0.05, 0) is 43.9 Å². The van der Waals surface area contributed by atoms with Gasteiger partial charge in [-0.3, -0.25) is 4.79 Å². The van der Waals surface area contributed by atoms with Crippen molar-refractivity contribution < 1.29 is 4.79 Å². The number of amides is 1. The molecule has 0 spiro atoms. The average Bonchev–Trinajstić information content (AvgIpc) is 2.87. The molecular formula is C13H22N2OS. The molecule has 0 radical (unpaired) electrons. The van der Waals surface area contributed by atoms with Gasteiger partial charge in [-0.1, -0.05) is 19.9 Å². The Morgan fingerprint density at radius 2 is 2.12 bits per heavy atom. The van der Waals surface area contributed by atoms with Crippen LogP contribution in [-0.4, -0.2) is 37.0 Å². The van der Waals surface area contributed by atoms with E-state index in [1.807, 2.05) is 17.5 Å². The van der Waals surface area contributed by atoms with Crippen molar-refractivity contribution in [2.24, 2.45) is 0 Å². The third kappa shape index (κ3) is 5.33. The zero-order valence-electron chi connectivity index (χ0n) is 10.7. The molecule has 4 heteroatoms. The third-order valence-corrected chi connectivity index (χ3v) is 3.69.